The molecule has 0 spiro atoms. The first-order chi connectivity index (χ1) is 9.20. The minimum atomic E-state index is 0.549. The number of rotatable bonds is 6. The first-order valence-electron chi connectivity index (χ1n) is 6.96. The fourth-order valence-corrected chi connectivity index (χ4v) is 2.41. The molecule has 0 saturated heterocycles. The Labute approximate surface area is 112 Å². The highest BCUT2D eigenvalue weighted by Gasteiger charge is 2.21. The highest BCUT2D eigenvalue weighted by atomic mass is 16.5. The summed E-state index contributed by atoms with van der Waals surface area (Å²) in [5, 5.41) is 4.47. The third kappa shape index (κ3) is 2.32. The van der Waals surface area contributed by atoms with E-state index in [2.05, 4.69) is 17.0 Å². The Bertz CT molecular complexity index is 581. The average molecular weight is 263 g/mol. The molecule has 2 aromatic rings. The maximum Gasteiger partial charge on any atom is 0.202 e. The molecule has 0 amide bonds. The van der Waals surface area contributed by atoms with Gasteiger partial charge in [-0.3, -0.25) is 9.25 Å². The van der Waals surface area contributed by atoms with Crippen LogP contribution in [0.5, 0.6) is 0 Å². The van der Waals surface area contributed by atoms with Crippen LogP contribution < -0.4 is 5.73 Å². The number of anilines is 1. The van der Waals surface area contributed by atoms with E-state index in [4.69, 9.17) is 10.5 Å². The molecule has 19 heavy (non-hydrogen) atoms. The molecule has 1 aliphatic carbocycles. The third-order valence-corrected chi connectivity index (χ3v) is 3.67. The Kier molecular flexibility index (Phi) is 3.18. The molecular formula is C13H21N5O. The number of ether oxygens (including phenoxy) is 1. The molecule has 6 heteroatoms. The lowest BCUT2D eigenvalue weighted by molar-refractivity contribution is 0.118. The fraction of sp³-hybridized carbons (Fsp3) is 0.692. The lowest BCUT2D eigenvalue weighted by Crippen LogP contribution is -2.12. The van der Waals surface area contributed by atoms with E-state index in [0.717, 1.165) is 42.3 Å². The van der Waals surface area contributed by atoms with Crippen LogP contribution in [0.1, 0.15) is 25.5 Å². The van der Waals surface area contributed by atoms with Crippen molar-refractivity contribution in [2.24, 2.45) is 13.0 Å². The molecule has 1 aliphatic rings. The van der Waals surface area contributed by atoms with Gasteiger partial charge in [0.15, 0.2) is 5.65 Å². The van der Waals surface area contributed by atoms with Crippen molar-refractivity contribution in [3.05, 3.63) is 5.69 Å². The SMILES string of the molecule is CCc1nn(C)c2c1nc(N)n2CCOCC1CC1. The van der Waals surface area contributed by atoms with Crippen molar-refractivity contribution in [1.82, 2.24) is 19.3 Å². The summed E-state index contributed by atoms with van der Waals surface area (Å²) >= 11 is 0. The molecule has 0 atom stereocenters. The lowest BCUT2D eigenvalue weighted by atomic mass is 10.3. The largest absolute Gasteiger partial charge is 0.379 e. The first-order valence-corrected chi connectivity index (χ1v) is 6.96. The maximum atomic E-state index is 6.00. The Hall–Kier alpha value is -1.56. The second-order valence-electron chi connectivity index (χ2n) is 5.24. The lowest BCUT2D eigenvalue weighted by Gasteiger charge is -2.07. The zero-order valence-corrected chi connectivity index (χ0v) is 11.6. The van der Waals surface area contributed by atoms with Crippen LogP contribution in [0, 0.1) is 5.92 Å². The van der Waals surface area contributed by atoms with Crippen LogP contribution in [-0.4, -0.2) is 32.5 Å². The van der Waals surface area contributed by atoms with E-state index in [1.54, 1.807) is 0 Å². The van der Waals surface area contributed by atoms with Gasteiger partial charge in [0.05, 0.1) is 18.8 Å². The third-order valence-electron chi connectivity index (χ3n) is 3.67. The highest BCUT2D eigenvalue weighted by Crippen LogP contribution is 2.28. The van der Waals surface area contributed by atoms with Gasteiger partial charge in [-0.15, -0.1) is 0 Å². The van der Waals surface area contributed by atoms with Crippen molar-refractivity contribution in [1.29, 1.82) is 0 Å². The Morgan fingerprint density at radius 3 is 2.89 bits per heavy atom. The van der Waals surface area contributed by atoms with Gasteiger partial charge in [-0.1, -0.05) is 6.92 Å². The van der Waals surface area contributed by atoms with Crippen molar-refractivity contribution >= 4 is 17.1 Å². The number of hydrogen-bond donors (Lipinski definition) is 1. The first kappa shape index (κ1) is 12.5. The molecule has 6 nitrogen and oxygen atoms in total. The average Bonchev–Trinajstić information content (AvgIpc) is 3.09. The predicted octanol–water partition coefficient (Wildman–Crippen LogP) is 1.34. The van der Waals surface area contributed by atoms with Gasteiger partial charge in [-0.05, 0) is 25.2 Å². The zero-order chi connectivity index (χ0) is 13.4. The van der Waals surface area contributed by atoms with Crippen molar-refractivity contribution in [2.45, 2.75) is 32.7 Å². The van der Waals surface area contributed by atoms with Crippen LogP contribution in [0.4, 0.5) is 5.95 Å². The summed E-state index contributed by atoms with van der Waals surface area (Å²) in [7, 11) is 1.93. The summed E-state index contributed by atoms with van der Waals surface area (Å²) in [6, 6.07) is 0. The molecule has 0 aromatic carbocycles. The molecule has 3 rings (SSSR count). The number of nitrogen functional groups attached to an aromatic ring is 1. The minimum absolute atomic E-state index is 0.549. The molecule has 2 aromatic heterocycles. The molecule has 2 heterocycles. The van der Waals surface area contributed by atoms with Gasteiger partial charge in [-0.2, -0.15) is 5.10 Å². The summed E-state index contributed by atoms with van der Waals surface area (Å²) in [5.74, 6) is 1.34. The van der Waals surface area contributed by atoms with Crippen LogP contribution in [0.2, 0.25) is 0 Å². The van der Waals surface area contributed by atoms with E-state index >= 15 is 0 Å². The summed E-state index contributed by atoms with van der Waals surface area (Å²) in [6.45, 7) is 4.37. The molecule has 0 bridgehead atoms. The van der Waals surface area contributed by atoms with Gasteiger partial charge < -0.3 is 10.5 Å². The number of fused-ring (bicyclic) bond motifs is 1. The van der Waals surface area contributed by atoms with E-state index in [1.165, 1.54) is 12.8 Å². The van der Waals surface area contributed by atoms with Gasteiger partial charge in [0.1, 0.15) is 5.52 Å². The van der Waals surface area contributed by atoms with Crippen LogP contribution >= 0.6 is 0 Å². The molecule has 1 fully saturated rings. The van der Waals surface area contributed by atoms with Gasteiger partial charge in [0.25, 0.3) is 0 Å². The quantitative estimate of drug-likeness (QED) is 0.798. The molecule has 1 saturated carbocycles. The standard InChI is InChI=1S/C13H21N5O/c1-3-10-11-12(17(2)16-10)18(13(14)15-11)6-7-19-8-9-4-5-9/h9H,3-8H2,1-2H3,(H2,14,15). The minimum Gasteiger partial charge on any atom is -0.379 e. The molecule has 104 valence electrons. The van der Waals surface area contributed by atoms with E-state index < -0.39 is 0 Å². The summed E-state index contributed by atoms with van der Waals surface area (Å²) in [6.07, 6.45) is 3.50. The van der Waals surface area contributed by atoms with Gasteiger partial charge >= 0.3 is 0 Å². The summed E-state index contributed by atoms with van der Waals surface area (Å²) < 4.78 is 9.53. The van der Waals surface area contributed by atoms with Gasteiger partial charge in [-0.25, -0.2) is 4.98 Å². The van der Waals surface area contributed by atoms with Crippen molar-refractivity contribution in [3.63, 3.8) is 0 Å². The van der Waals surface area contributed by atoms with Crippen LogP contribution in [0.25, 0.3) is 11.2 Å². The zero-order valence-electron chi connectivity index (χ0n) is 11.6. The monoisotopic (exact) mass is 263 g/mol. The van der Waals surface area contributed by atoms with E-state index in [-0.39, 0.29) is 0 Å². The van der Waals surface area contributed by atoms with E-state index in [1.807, 2.05) is 16.3 Å². The van der Waals surface area contributed by atoms with E-state index in [0.29, 0.717) is 12.6 Å². The Morgan fingerprint density at radius 1 is 1.42 bits per heavy atom. The van der Waals surface area contributed by atoms with Gasteiger partial charge in [0, 0.05) is 13.7 Å². The van der Waals surface area contributed by atoms with Crippen LogP contribution in [0.15, 0.2) is 0 Å². The smallest absolute Gasteiger partial charge is 0.202 e. The van der Waals surface area contributed by atoms with Crippen molar-refractivity contribution in [2.75, 3.05) is 18.9 Å². The molecule has 0 radical (unpaired) electrons. The fourth-order valence-electron chi connectivity index (χ4n) is 2.41. The van der Waals surface area contributed by atoms with Gasteiger partial charge in [0.2, 0.25) is 5.95 Å². The van der Waals surface area contributed by atoms with Crippen molar-refractivity contribution in [3.8, 4) is 0 Å². The normalized spacial score (nSPS) is 15.5. The molecule has 0 unspecified atom stereocenters. The summed E-state index contributed by atoms with van der Waals surface area (Å²) in [4.78, 5) is 4.43. The predicted molar refractivity (Wildman–Crippen MR) is 73.8 cm³/mol. The molecular weight excluding hydrogens is 242 g/mol. The second kappa shape index (κ2) is 4.85. The number of nitrogens with two attached hydrogens (primary N) is 1. The van der Waals surface area contributed by atoms with E-state index in [9.17, 15) is 0 Å². The number of nitrogens with zero attached hydrogens (tertiary/aromatic N) is 4. The Morgan fingerprint density at radius 2 is 2.21 bits per heavy atom. The highest BCUT2D eigenvalue weighted by molar-refractivity contribution is 5.77. The number of hydrogen-bond acceptors (Lipinski definition) is 4. The van der Waals surface area contributed by atoms with Crippen molar-refractivity contribution < 1.29 is 4.74 Å². The number of aryl methyl sites for hydroxylation is 2. The number of aromatic nitrogens is 4. The maximum absolute atomic E-state index is 6.00. The summed E-state index contributed by atoms with van der Waals surface area (Å²) in [5.41, 5.74) is 8.91. The molecule has 2 N–H and O–H groups in total. The molecule has 0 aliphatic heterocycles. The second-order valence-corrected chi connectivity index (χ2v) is 5.24. The van der Waals surface area contributed by atoms with Crippen LogP contribution in [0.3, 0.4) is 0 Å². The van der Waals surface area contributed by atoms with Crippen LogP contribution in [-0.2, 0) is 24.8 Å². The Balaban J connectivity index is 1.76. The topological polar surface area (TPSA) is 70.9 Å². The number of imidazole rings is 1.